The highest BCUT2D eigenvalue weighted by atomic mass is 16.3. The zero-order valence-corrected chi connectivity index (χ0v) is 8.28. The second-order valence-electron chi connectivity index (χ2n) is 3.92. The minimum Gasteiger partial charge on any atom is -0.468 e. The van der Waals surface area contributed by atoms with Gasteiger partial charge in [0.15, 0.2) is 0 Å². The van der Waals surface area contributed by atoms with Gasteiger partial charge < -0.3 is 14.8 Å². The summed E-state index contributed by atoms with van der Waals surface area (Å²) >= 11 is 0. The maximum atomic E-state index is 9.70. The minimum absolute atomic E-state index is 0.182. The standard InChI is InChI=1S/C11H17NO2/c13-11-6-2-1-5-10(11)12-8-9-4-3-7-14-9/h3-4,7,10-13H,1-2,5-6,8H2/t10-,11+/m1/s1. The van der Waals surface area contributed by atoms with Gasteiger partial charge in [0.2, 0.25) is 0 Å². The Hall–Kier alpha value is -0.800. The van der Waals surface area contributed by atoms with Crippen molar-refractivity contribution in [3.05, 3.63) is 24.2 Å². The molecule has 2 N–H and O–H groups in total. The Balaban J connectivity index is 1.79. The van der Waals surface area contributed by atoms with E-state index < -0.39 is 0 Å². The quantitative estimate of drug-likeness (QED) is 0.771. The molecule has 2 rings (SSSR count). The van der Waals surface area contributed by atoms with E-state index in [1.54, 1.807) is 6.26 Å². The summed E-state index contributed by atoms with van der Waals surface area (Å²) in [5, 5.41) is 13.0. The average Bonchev–Trinajstić information content (AvgIpc) is 2.69. The Morgan fingerprint density at radius 1 is 1.43 bits per heavy atom. The van der Waals surface area contributed by atoms with Crippen molar-refractivity contribution < 1.29 is 9.52 Å². The maximum Gasteiger partial charge on any atom is 0.117 e. The first-order chi connectivity index (χ1) is 6.86. The lowest BCUT2D eigenvalue weighted by atomic mass is 9.92. The van der Waals surface area contributed by atoms with E-state index in [9.17, 15) is 5.11 Å². The predicted molar refractivity (Wildman–Crippen MR) is 53.8 cm³/mol. The third kappa shape index (κ3) is 2.36. The lowest BCUT2D eigenvalue weighted by Crippen LogP contribution is -2.41. The second-order valence-corrected chi connectivity index (χ2v) is 3.92. The lowest BCUT2D eigenvalue weighted by Gasteiger charge is -2.28. The fraction of sp³-hybridized carbons (Fsp3) is 0.636. The van der Waals surface area contributed by atoms with Crippen LogP contribution in [0, 0.1) is 0 Å². The van der Waals surface area contributed by atoms with Gasteiger partial charge in [-0.3, -0.25) is 0 Å². The molecule has 0 aromatic carbocycles. The summed E-state index contributed by atoms with van der Waals surface area (Å²) in [6.07, 6.45) is 5.86. The predicted octanol–water partition coefficient (Wildman–Crippen LogP) is 1.67. The van der Waals surface area contributed by atoms with E-state index in [1.807, 2.05) is 12.1 Å². The fourth-order valence-corrected chi connectivity index (χ4v) is 1.99. The summed E-state index contributed by atoms with van der Waals surface area (Å²) in [7, 11) is 0. The van der Waals surface area contributed by atoms with Crippen LogP contribution in [0.5, 0.6) is 0 Å². The maximum absolute atomic E-state index is 9.70. The number of aliphatic hydroxyl groups is 1. The number of hydrogen-bond acceptors (Lipinski definition) is 3. The van der Waals surface area contributed by atoms with Crippen LogP contribution in [0.4, 0.5) is 0 Å². The number of aliphatic hydroxyl groups excluding tert-OH is 1. The van der Waals surface area contributed by atoms with Crippen molar-refractivity contribution in [3.8, 4) is 0 Å². The molecule has 1 aromatic heterocycles. The van der Waals surface area contributed by atoms with Gasteiger partial charge in [0.25, 0.3) is 0 Å². The van der Waals surface area contributed by atoms with Gasteiger partial charge >= 0.3 is 0 Å². The average molecular weight is 195 g/mol. The van der Waals surface area contributed by atoms with Crippen LogP contribution in [0.25, 0.3) is 0 Å². The number of furan rings is 1. The van der Waals surface area contributed by atoms with Crippen molar-refractivity contribution in [1.29, 1.82) is 0 Å². The molecule has 1 aliphatic rings. The first-order valence-corrected chi connectivity index (χ1v) is 5.30. The molecular weight excluding hydrogens is 178 g/mol. The zero-order chi connectivity index (χ0) is 9.80. The highest BCUT2D eigenvalue weighted by Gasteiger charge is 2.22. The van der Waals surface area contributed by atoms with Gasteiger partial charge in [-0.1, -0.05) is 12.8 Å². The molecule has 2 atom stereocenters. The van der Waals surface area contributed by atoms with Crippen LogP contribution in [0.15, 0.2) is 22.8 Å². The molecule has 0 unspecified atom stereocenters. The van der Waals surface area contributed by atoms with Crippen LogP contribution >= 0.6 is 0 Å². The summed E-state index contributed by atoms with van der Waals surface area (Å²) < 4.78 is 5.22. The van der Waals surface area contributed by atoms with Crippen LogP contribution < -0.4 is 5.32 Å². The fourth-order valence-electron chi connectivity index (χ4n) is 1.99. The van der Waals surface area contributed by atoms with Crippen molar-refractivity contribution >= 4 is 0 Å². The molecule has 0 bridgehead atoms. The molecule has 1 heterocycles. The molecule has 1 fully saturated rings. The first kappa shape index (κ1) is 9.74. The molecular formula is C11H17NO2. The van der Waals surface area contributed by atoms with E-state index >= 15 is 0 Å². The topological polar surface area (TPSA) is 45.4 Å². The molecule has 0 saturated heterocycles. The van der Waals surface area contributed by atoms with Crippen LogP contribution in [-0.4, -0.2) is 17.3 Å². The first-order valence-electron chi connectivity index (χ1n) is 5.30. The lowest BCUT2D eigenvalue weighted by molar-refractivity contribution is 0.0893. The molecule has 3 nitrogen and oxygen atoms in total. The van der Waals surface area contributed by atoms with Crippen LogP contribution in [0.1, 0.15) is 31.4 Å². The summed E-state index contributed by atoms with van der Waals surface area (Å²) in [5.74, 6) is 0.933. The monoisotopic (exact) mass is 195 g/mol. The molecule has 1 saturated carbocycles. The van der Waals surface area contributed by atoms with Crippen molar-refractivity contribution in [1.82, 2.24) is 5.32 Å². The number of nitrogens with one attached hydrogen (secondary N) is 1. The molecule has 78 valence electrons. The van der Waals surface area contributed by atoms with E-state index in [4.69, 9.17) is 4.42 Å². The Morgan fingerprint density at radius 3 is 3.00 bits per heavy atom. The number of hydrogen-bond donors (Lipinski definition) is 2. The smallest absolute Gasteiger partial charge is 0.117 e. The molecule has 0 amide bonds. The Morgan fingerprint density at radius 2 is 2.29 bits per heavy atom. The Labute approximate surface area is 84.1 Å². The van der Waals surface area contributed by atoms with Crippen molar-refractivity contribution in [2.24, 2.45) is 0 Å². The summed E-state index contributed by atoms with van der Waals surface area (Å²) in [5.41, 5.74) is 0. The summed E-state index contributed by atoms with van der Waals surface area (Å²) in [4.78, 5) is 0. The second kappa shape index (κ2) is 4.62. The zero-order valence-electron chi connectivity index (χ0n) is 8.28. The van der Waals surface area contributed by atoms with E-state index in [2.05, 4.69) is 5.32 Å². The van der Waals surface area contributed by atoms with Crippen molar-refractivity contribution in [2.45, 2.75) is 44.4 Å². The molecule has 14 heavy (non-hydrogen) atoms. The normalized spacial score (nSPS) is 27.8. The van der Waals surface area contributed by atoms with E-state index in [0.29, 0.717) is 6.54 Å². The highest BCUT2D eigenvalue weighted by Crippen LogP contribution is 2.18. The molecule has 0 aliphatic heterocycles. The van der Waals surface area contributed by atoms with Gasteiger partial charge in [-0.15, -0.1) is 0 Å². The molecule has 0 radical (unpaired) electrons. The van der Waals surface area contributed by atoms with E-state index in [-0.39, 0.29) is 12.1 Å². The van der Waals surface area contributed by atoms with Crippen LogP contribution in [0.2, 0.25) is 0 Å². The molecule has 0 spiro atoms. The molecule has 3 heteroatoms. The molecule has 1 aliphatic carbocycles. The largest absolute Gasteiger partial charge is 0.468 e. The van der Waals surface area contributed by atoms with E-state index in [1.165, 1.54) is 6.42 Å². The highest BCUT2D eigenvalue weighted by molar-refractivity contribution is 4.98. The SMILES string of the molecule is O[C@H]1CCCC[C@H]1NCc1ccco1. The van der Waals surface area contributed by atoms with Crippen LogP contribution in [-0.2, 0) is 6.54 Å². The van der Waals surface area contributed by atoms with Crippen molar-refractivity contribution in [2.75, 3.05) is 0 Å². The Kier molecular flexibility index (Phi) is 3.22. The number of rotatable bonds is 3. The van der Waals surface area contributed by atoms with Gasteiger partial charge in [0, 0.05) is 6.04 Å². The summed E-state index contributed by atoms with van der Waals surface area (Å²) in [6, 6.07) is 4.07. The van der Waals surface area contributed by atoms with Gasteiger partial charge in [-0.25, -0.2) is 0 Å². The minimum atomic E-state index is -0.182. The van der Waals surface area contributed by atoms with E-state index in [0.717, 1.165) is 25.0 Å². The van der Waals surface area contributed by atoms with Gasteiger partial charge in [0.05, 0.1) is 18.9 Å². The molecule has 1 aromatic rings. The van der Waals surface area contributed by atoms with Gasteiger partial charge in [0.1, 0.15) is 5.76 Å². The van der Waals surface area contributed by atoms with Crippen molar-refractivity contribution in [3.63, 3.8) is 0 Å². The summed E-state index contributed by atoms with van der Waals surface area (Å²) in [6.45, 7) is 0.717. The third-order valence-electron chi connectivity index (χ3n) is 2.85. The van der Waals surface area contributed by atoms with Crippen LogP contribution in [0.3, 0.4) is 0 Å². The van der Waals surface area contributed by atoms with Gasteiger partial charge in [-0.05, 0) is 25.0 Å². The Bertz CT molecular complexity index is 258. The third-order valence-corrected chi connectivity index (χ3v) is 2.85. The van der Waals surface area contributed by atoms with Gasteiger partial charge in [-0.2, -0.15) is 0 Å².